The lowest BCUT2D eigenvalue weighted by Gasteiger charge is -2.25. The molecule has 11 heteroatoms. The molecule has 30 heavy (non-hydrogen) atoms. The Morgan fingerprint density at radius 1 is 0.767 bits per heavy atom. The number of carbonyl (C=O) groups excluding carboxylic acids is 3. The summed E-state index contributed by atoms with van der Waals surface area (Å²) in [4.78, 5) is 58.4. The minimum Gasteiger partial charge on any atom is -0.481 e. The molecule has 0 fully saturated rings. The van der Waals surface area contributed by atoms with Crippen LogP contribution in [0.1, 0.15) is 67.2 Å². The van der Waals surface area contributed by atoms with E-state index in [0.717, 1.165) is 0 Å². The summed E-state index contributed by atoms with van der Waals surface area (Å²) in [5, 5.41) is 22.2. The van der Waals surface area contributed by atoms with Gasteiger partial charge < -0.3 is 30.3 Å². The SMILES string of the molecule is CC(C)(C)OC(=O)CCC(NC(=O)N[C@@H](CCC(=O)O)C(=O)O)C(=O)OC(C)(C)C. The van der Waals surface area contributed by atoms with Gasteiger partial charge in [-0.05, 0) is 54.4 Å². The van der Waals surface area contributed by atoms with E-state index in [1.54, 1.807) is 41.5 Å². The van der Waals surface area contributed by atoms with Crippen molar-refractivity contribution in [3.8, 4) is 0 Å². The highest BCUT2D eigenvalue weighted by Crippen LogP contribution is 2.13. The van der Waals surface area contributed by atoms with Gasteiger partial charge in [-0.2, -0.15) is 0 Å². The van der Waals surface area contributed by atoms with Crippen LogP contribution in [0.5, 0.6) is 0 Å². The Balaban J connectivity index is 5.14. The molecule has 0 saturated heterocycles. The average molecular weight is 432 g/mol. The molecular formula is C19H32N2O9. The number of urea groups is 1. The number of hydrogen-bond donors (Lipinski definition) is 4. The molecule has 1 unspecified atom stereocenters. The minimum atomic E-state index is -1.47. The van der Waals surface area contributed by atoms with E-state index in [2.05, 4.69) is 10.6 Å². The monoisotopic (exact) mass is 432 g/mol. The van der Waals surface area contributed by atoms with Gasteiger partial charge in [-0.15, -0.1) is 0 Å². The summed E-state index contributed by atoms with van der Waals surface area (Å²) in [5.74, 6) is -4.02. The van der Waals surface area contributed by atoms with Crippen molar-refractivity contribution in [2.45, 2.75) is 90.5 Å². The predicted octanol–water partition coefficient (Wildman–Crippen LogP) is 1.44. The normalized spacial score (nSPS) is 13.5. The summed E-state index contributed by atoms with van der Waals surface area (Å²) in [7, 11) is 0. The second-order valence-electron chi connectivity index (χ2n) is 8.65. The van der Waals surface area contributed by atoms with Crippen molar-refractivity contribution >= 4 is 29.9 Å². The second-order valence-corrected chi connectivity index (χ2v) is 8.65. The van der Waals surface area contributed by atoms with Crippen molar-refractivity contribution in [2.75, 3.05) is 0 Å². The van der Waals surface area contributed by atoms with Gasteiger partial charge in [-0.25, -0.2) is 14.4 Å². The standard InChI is InChI=1S/C19H32N2O9/c1-18(2,3)29-14(24)10-8-12(16(27)30-19(4,5)6)21-17(28)20-11(15(25)26)7-9-13(22)23/h11-12H,7-10H2,1-6H3,(H,22,23)(H,25,26)(H2,20,21,28)/t11-,12?/m0/s1. The molecule has 0 aromatic heterocycles. The van der Waals surface area contributed by atoms with Crippen LogP contribution in [0, 0.1) is 0 Å². The van der Waals surface area contributed by atoms with Gasteiger partial charge in [0.2, 0.25) is 0 Å². The molecule has 0 aliphatic carbocycles. The van der Waals surface area contributed by atoms with Gasteiger partial charge in [-0.3, -0.25) is 9.59 Å². The largest absolute Gasteiger partial charge is 0.481 e. The minimum absolute atomic E-state index is 0.135. The zero-order valence-electron chi connectivity index (χ0n) is 18.2. The first kappa shape index (κ1) is 27.1. The number of esters is 2. The number of amides is 2. The van der Waals surface area contributed by atoms with Crippen LogP contribution in [0.15, 0.2) is 0 Å². The third-order valence-corrected chi connectivity index (χ3v) is 3.30. The fourth-order valence-electron chi connectivity index (χ4n) is 2.16. The number of carboxylic acids is 2. The van der Waals surface area contributed by atoms with Crippen LogP contribution < -0.4 is 10.6 Å². The van der Waals surface area contributed by atoms with E-state index in [9.17, 15) is 24.0 Å². The van der Waals surface area contributed by atoms with E-state index >= 15 is 0 Å². The molecule has 172 valence electrons. The van der Waals surface area contributed by atoms with Crippen LogP contribution in [-0.2, 0) is 28.7 Å². The quantitative estimate of drug-likeness (QED) is 0.373. The Morgan fingerprint density at radius 3 is 1.67 bits per heavy atom. The summed E-state index contributed by atoms with van der Waals surface area (Å²) in [6, 6.07) is -3.72. The Kier molecular flexibility index (Phi) is 10.3. The summed E-state index contributed by atoms with van der Waals surface area (Å²) >= 11 is 0. The van der Waals surface area contributed by atoms with Gasteiger partial charge in [0, 0.05) is 12.8 Å². The molecule has 2 amide bonds. The van der Waals surface area contributed by atoms with E-state index in [1.807, 2.05) is 0 Å². The van der Waals surface area contributed by atoms with E-state index in [1.165, 1.54) is 0 Å². The number of carbonyl (C=O) groups is 5. The molecule has 0 aromatic rings. The molecular weight excluding hydrogens is 400 g/mol. The van der Waals surface area contributed by atoms with Gasteiger partial charge >= 0.3 is 29.9 Å². The summed E-state index contributed by atoms with van der Waals surface area (Å²) in [6.45, 7) is 9.94. The van der Waals surface area contributed by atoms with Crippen molar-refractivity contribution in [2.24, 2.45) is 0 Å². The van der Waals surface area contributed by atoms with Crippen LogP contribution in [0.4, 0.5) is 4.79 Å². The molecule has 0 aliphatic rings. The van der Waals surface area contributed by atoms with Crippen molar-refractivity contribution < 1.29 is 43.7 Å². The van der Waals surface area contributed by atoms with Crippen molar-refractivity contribution in [1.82, 2.24) is 10.6 Å². The Bertz CT molecular complexity index is 647. The molecule has 0 rings (SSSR count). The molecule has 11 nitrogen and oxygen atoms in total. The molecule has 0 heterocycles. The number of aliphatic carboxylic acids is 2. The van der Waals surface area contributed by atoms with Crippen molar-refractivity contribution in [3.63, 3.8) is 0 Å². The van der Waals surface area contributed by atoms with Crippen LogP contribution >= 0.6 is 0 Å². The average Bonchev–Trinajstić information content (AvgIpc) is 2.51. The zero-order valence-corrected chi connectivity index (χ0v) is 18.2. The maximum absolute atomic E-state index is 12.4. The number of rotatable bonds is 10. The first-order valence-corrected chi connectivity index (χ1v) is 9.46. The number of ether oxygens (including phenoxy) is 2. The van der Waals surface area contributed by atoms with E-state index < -0.39 is 59.6 Å². The number of nitrogens with one attached hydrogen (secondary N) is 2. The summed E-state index contributed by atoms with van der Waals surface area (Å²) in [5.41, 5.74) is -1.58. The number of hydrogen-bond acceptors (Lipinski definition) is 7. The molecule has 4 N–H and O–H groups in total. The van der Waals surface area contributed by atoms with Crippen molar-refractivity contribution in [1.29, 1.82) is 0 Å². The van der Waals surface area contributed by atoms with E-state index in [0.29, 0.717) is 0 Å². The molecule has 2 atom stereocenters. The maximum atomic E-state index is 12.4. The van der Waals surface area contributed by atoms with Crippen LogP contribution in [0.25, 0.3) is 0 Å². The summed E-state index contributed by atoms with van der Waals surface area (Å²) in [6.07, 6.45) is -1.13. The lowest BCUT2D eigenvalue weighted by atomic mass is 10.1. The van der Waals surface area contributed by atoms with Gasteiger partial charge in [-0.1, -0.05) is 0 Å². The molecule has 0 spiro atoms. The fraction of sp³-hybridized carbons (Fsp3) is 0.737. The third-order valence-electron chi connectivity index (χ3n) is 3.30. The predicted molar refractivity (Wildman–Crippen MR) is 105 cm³/mol. The Morgan fingerprint density at radius 2 is 1.23 bits per heavy atom. The van der Waals surface area contributed by atoms with Crippen LogP contribution in [0.3, 0.4) is 0 Å². The highest BCUT2D eigenvalue weighted by molar-refractivity contribution is 5.87. The van der Waals surface area contributed by atoms with E-state index in [4.69, 9.17) is 19.7 Å². The molecule has 0 aromatic carbocycles. The van der Waals surface area contributed by atoms with Crippen molar-refractivity contribution in [3.05, 3.63) is 0 Å². The lowest BCUT2D eigenvalue weighted by Crippen LogP contribution is -2.52. The van der Waals surface area contributed by atoms with Gasteiger partial charge in [0.25, 0.3) is 0 Å². The number of carboxylic acid groups (broad SMARTS) is 2. The zero-order chi connectivity index (χ0) is 23.7. The topological polar surface area (TPSA) is 168 Å². The van der Waals surface area contributed by atoms with Gasteiger partial charge in [0.15, 0.2) is 0 Å². The van der Waals surface area contributed by atoms with Crippen LogP contribution in [-0.4, -0.2) is 63.4 Å². The van der Waals surface area contributed by atoms with Crippen LogP contribution in [0.2, 0.25) is 0 Å². The summed E-state index contributed by atoms with van der Waals surface area (Å²) < 4.78 is 10.4. The molecule has 0 aliphatic heterocycles. The maximum Gasteiger partial charge on any atom is 0.329 e. The highest BCUT2D eigenvalue weighted by Gasteiger charge is 2.29. The highest BCUT2D eigenvalue weighted by atomic mass is 16.6. The molecule has 0 radical (unpaired) electrons. The van der Waals surface area contributed by atoms with Gasteiger partial charge in [0.05, 0.1) is 0 Å². The van der Waals surface area contributed by atoms with Gasteiger partial charge in [0.1, 0.15) is 23.3 Å². The third kappa shape index (κ3) is 13.3. The smallest absolute Gasteiger partial charge is 0.329 e. The first-order chi connectivity index (χ1) is 13.5. The fourth-order valence-corrected chi connectivity index (χ4v) is 2.16. The first-order valence-electron chi connectivity index (χ1n) is 9.46. The second kappa shape index (κ2) is 11.4. The Hall–Kier alpha value is -2.85. The molecule has 0 bridgehead atoms. The van der Waals surface area contributed by atoms with E-state index in [-0.39, 0.29) is 19.3 Å². The lowest BCUT2D eigenvalue weighted by molar-refractivity contribution is -0.158. The Labute approximate surface area is 175 Å². The molecule has 0 saturated carbocycles.